The molecule has 0 spiro atoms. The highest BCUT2D eigenvalue weighted by Gasteiger charge is 2.14. The van der Waals surface area contributed by atoms with Gasteiger partial charge < -0.3 is 4.74 Å². The third-order valence-corrected chi connectivity index (χ3v) is 4.73. The standard InChI is InChI=1S/C17H18BrClO/c1-4-20-14-7-5-13(6-8-14)17(18)15-9-12(3)16(19)10-11(15)2/h5-10,17H,4H2,1-3H3. The van der Waals surface area contributed by atoms with Crippen LogP contribution in [0.15, 0.2) is 36.4 Å². The lowest BCUT2D eigenvalue weighted by Gasteiger charge is -2.16. The van der Waals surface area contributed by atoms with E-state index in [1.54, 1.807) is 0 Å². The quantitative estimate of drug-likeness (QED) is 0.627. The Morgan fingerprint density at radius 1 is 1.10 bits per heavy atom. The third kappa shape index (κ3) is 3.36. The van der Waals surface area contributed by atoms with Gasteiger partial charge in [-0.1, -0.05) is 45.7 Å². The molecule has 2 aromatic carbocycles. The van der Waals surface area contributed by atoms with Gasteiger partial charge in [0.25, 0.3) is 0 Å². The van der Waals surface area contributed by atoms with Crippen LogP contribution in [0.5, 0.6) is 5.75 Å². The van der Waals surface area contributed by atoms with E-state index in [0.29, 0.717) is 6.61 Å². The van der Waals surface area contributed by atoms with E-state index in [4.69, 9.17) is 16.3 Å². The summed E-state index contributed by atoms with van der Waals surface area (Å²) in [5.41, 5.74) is 4.74. The summed E-state index contributed by atoms with van der Waals surface area (Å²) in [6.07, 6.45) is 0. The number of halogens is 2. The van der Waals surface area contributed by atoms with Crippen LogP contribution in [0.25, 0.3) is 0 Å². The minimum absolute atomic E-state index is 0.161. The second-order valence-electron chi connectivity index (χ2n) is 4.82. The van der Waals surface area contributed by atoms with Crippen LogP contribution in [0.1, 0.15) is 34.0 Å². The van der Waals surface area contributed by atoms with Gasteiger partial charge in [0.05, 0.1) is 11.4 Å². The molecule has 0 aromatic heterocycles. The molecular formula is C17H18BrClO. The van der Waals surface area contributed by atoms with Gasteiger partial charge >= 0.3 is 0 Å². The Hall–Kier alpha value is -0.990. The van der Waals surface area contributed by atoms with Crippen molar-refractivity contribution in [2.45, 2.75) is 25.6 Å². The third-order valence-electron chi connectivity index (χ3n) is 3.30. The van der Waals surface area contributed by atoms with Crippen molar-refractivity contribution in [3.63, 3.8) is 0 Å². The van der Waals surface area contributed by atoms with Crippen LogP contribution >= 0.6 is 27.5 Å². The largest absolute Gasteiger partial charge is 0.494 e. The lowest BCUT2D eigenvalue weighted by Crippen LogP contribution is -1.98. The molecule has 0 fully saturated rings. The minimum atomic E-state index is 0.161. The van der Waals surface area contributed by atoms with Crippen LogP contribution in [0, 0.1) is 13.8 Å². The monoisotopic (exact) mass is 352 g/mol. The molecule has 2 rings (SSSR count). The molecule has 0 radical (unpaired) electrons. The second-order valence-corrected chi connectivity index (χ2v) is 6.15. The van der Waals surface area contributed by atoms with Gasteiger partial charge in [-0.25, -0.2) is 0 Å². The molecule has 1 nitrogen and oxygen atoms in total. The van der Waals surface area contributed by atoms with Crippen LogP contribution in [0.4, 0.5) is 0 Å². The summed E-state index contributed by atoms with van der Waals surface area (Å²) in [6, 6.07) is 12.4. The van der Waals surface area contributed by atoms with Crippen molar-refractivity contribution in [3.05, 3.63) is 63.7 Å². The summed E-state index contributed by atoms with van der Waals surface area (Å²) in [6.45, 7) is 6.79. The number of hydrogen-bond acceptors (Lipinski definition) is 1. The first kappa shape index (κ1) is 15.4. The van der Waals surface area contributed by atoms with Crippen molar-refractivity contribution in [1.82, 2.24) is 0 Å². The SMILES string of the molecule is CCOc1ccc(C(Br)c2cc(C)c(Cl)cc2C)cc1. The molecule has 1 atom stereocenters. The molecule has 0 aliphatic rings. The average Bonchev–Trinajstić information content (AvgIpc) is 2.43. The zero-order valence-electron chi connectivity index (χ0n) is 11.9. The Balaban J connectivity index is 2.31. The normalized spacial score (nSPS) is 12.2. The van der Waals surface area contributed by atoms with Crippen LogP contribution in [-0.4, -0.2) is 6.61 Å². The highest BCUT2D eigenvalue weighted by Crippen LogP contribution is 2.35. The maximum absolute atomic E-state index is 6.16. The van der Waals surface area contributed by atoms with Crippen molar-refractivity contribution in [1.29, 1.82) is 0 Å². The lowest BCUT2D eigenvalue weighted by atomic mass is 9.98. The average molecular weight is 354 g/mol. The maximum atomic E-state index is 6.16. The maximum Gasteiger partial charge on any atom is 0.119 e. The van der Waals surface area contributed by atoms with Crippen LogP contribution in [0.3, 0.4) is 0 Å². The Morgan fingerprint density at radius 3 is 2.35 bits per heavy atom. The van der Waals surface area contributed by atoms with Gasteiger partial charge in [0.2, 0.25) is 0 Å². The molecule has 20 heavy (non-hydrogen) atoms. The summed E-state index contributed by atoms with van der Waals surface area (Å²) in [5.74, 6) is 0.903. The van der Waals surface area contributed by atoms with E-state index in [1.165, 1.54) is 16.7 Å². The molecule has 3 heteroatoms. The summed E-state index contributed by atoms with van der Waals surface area (Å²) < 4.78 is 5.47. The van der Waals surface area contributed by atoms with E-state index in [1.807, 2.05) is 32.0 Å². The number of hydrogen-bond donors (Lipinski definition) is 0. The summed E-state index contributed by atoms with van der Waals surface area (Å²) in [5, 5.41) is 0.817. The van der Waals surface area contributed by atoms with E-state index in [0.717, 1.165) is 16.3 Å². The Bertz CT molecular complexity index is 593. The molecular weight excluding hydrogens is 336 g/mol. The van der Waals surface area contributed by atoms with Gasteiger partial charge in [-0.2, -0.15) is 0 Å². The fraction of sp³-hybridized carbons (Fsp3) is 0.294. The van der Waals surface area contributed by atoms with Gasteiger partial charge in [-0.3, -0.25) is 0 Å². The first-order valence-corrected chi connectivity index (χ1v) is 7.95. The smallest absolute Gasteiger partial charge is 0.119 e. The van der Waals surface area contributed by atoms with Crippen molar-refractivity contribution in [2.24, 2.45) is 0 Å². The fourth-order valence-corrected chi connectivity index (χ4v) is 3.17. The lowest BCUT2D eigenvalue weighted by molar-refractivity contribution is 0.340. The summed E-state index contributed by atoms with van der Waals surface area (Å²) >= 11 is 9.94. The predicted octanol–water partition coefficient (Wildman–Crippen LogP) is 5.84. The topological polar surface area (TPSA) is 9.23 Å². The molecule has 0 aliphatic heterocycles. The van der Waals surface area contributed by atoms with Gasteiger partial charge in [-0.05, 0) is 61.2 Å². The van der Waals surface area contributed by atoms with E-state index in [9.17, 15) is 0 Å². The summed E-state index contributed by atoms with van der Waals surface area (Å²) in [4.78, 5) is 0.161. The fourth-order valence-electron chi connectivity index (χ4n) is 2.16. The molecule has 2 aromatic rings. The first-order chi connectivity index (χ1) is 9.52. The Kier molecular flexibility index (Phi) is 5.11. The minimum Gasteiger partial charge on any atom is -0.494 e. The number of benzene rings is 2. The van der Waals surface area contributed by atoms with E-state index < -0.39 is 0 Å². The van der Waals surface area contributed by atoms with Gasteiger partial charge in [0.1, 0.15) is 5.75 Å². The Morgan fingerprint density at radius 2 is 1.75 bits per heavy atom. The number of rotatable bonds is 4. The molecule has 1 unspecified atom stereocenters. The van der Waals surface area contributed by atoms with Gasteiger partial charge in [0.15, 0.2) is 0 Å². The zero-order chi connectivity index (χ0) is 14.7. The van der Waals surface area contributed by atoms with E-state index in [2.05, 4.69) is 41.1 Å². The van der Waals surface area contributed by atoms with Crippen molar-refractivity contribution in [3.8, 4) is 5.75 Å². The first-order valence-electron chi connectivity index (χ1n) is 6.66. The molecule has 0 amide bonds. The highest BCUT2D eigenvalue weighted by molar-refractivity contribution is 9.09. The van der Waals surface area contributed by atoms with Crippen LogP contribution in [0.2, 0.25) is 5.02 Å². The number of ether oxygens (including phenoxy) is 1. The number of alkyl halides is 1. The second kappa shape index (κ2) is 6.64. The van der Waals surface area contributed by atoms with E-state index in [-0.39, 0.29) is 4.83 Å². The van der Waals surface area contributed by atoms with Crippen molar-refractivity contribution in [2.75, 3.05) is 6.61 Å². The van der Waals surface area contributed by atoms with Gasteiger partial charge in [-0.15, -0.1) is 0 Å². The van der Waals surface area contributed by atoms with E-state index >= 15 is 0 Å². The zero-order valence-corrected chi connectivity index (χ0v) is 14.3. The molecule has 0 saturated carbocycles. The van der Waals surface area contributed by atoms with Crippen LogP contribution in [-0.2, 0) is 0 Å². The van der Waals surface area contributed by atoms with Crippen molar-refractivity contribution < 1.29 is 4.74 Å². The molecule has 106 valence electrons. The highest BCUT2D eigenvalue weighted by atomic mass is 79.9. The van der Waals surface area contributed by atoms with Gasteiger partial charge in [0, 0.05) is 5.02 Å². The van der Waals surface area contributed by atoms with Crippen LogP contribution < -0.4 is 4.74 Å². The number of aryl methyl sites for hydroxylation is 2. The Labute approximate surface area is 134 Å². The molecule has 0 bridgehead atoms. The summed E-state index contributed by atoms with van der Waals surface area (Å²) in [7, 11) is 0. The van der Waals surface area contributed by atoms with Crippen molar-refractivity contribution >= 4 is 27.5 Å². The molecule has 0 N–H and O–H groups in total. The molecule has 0 saturated heterocycles. The predicted molar refractivity (Wildman–Crippen MR) is 89.3 cm³/mol. The molecule has 0 aliphatic carbocycles. The molecule has 0 heterocycles.